The Kier molecular flexibility index (Phi) is 12.6. The molecule has 0 saturated carbocycles. The van der Waals surface area contributed by atoms with Crippen molar-refractivity contribution in [3.05, 3.63) is 29.3 Å². The van der Waals surface area contributed by atoms with Gasteiger partial charge < -0.3 is 25.4 Å². The molecule has 0 aliphatic rings. The lowest BCUT2D eigenvalue weighted by molar-refractivity contribution is 0.0529. The molecule has 1 rings (SSSR count). The Labute approximate surface area is 186 Å². The van der Waals surface area contributed by atoms with E-state index in [1.807, 2.05) is 39.8 Å². The molecular weight excluding hydrogens is 471 g/mol. The van der Waals surface area contributed by atoms with Crippen molar-refractivity contribution < 1.29 is 14.3 Å². The number of aryl methyl sites for hydroxylation is 1. The number of hydrogen-bond donors (Lipinski definition) is 3. The van der Waals surface area contributed by atoms with Crippen LogP contribution in [0.25, 0.3) is 0 Å². The molecular formula is C20H35IN4O3. The maximum atomic E-state index is 11.6. The second-order valence-corrected chi connectivity index (χ2v) is 7.18. The van der Waals surface area contributed by atoms with E-state index in [1.54, 1.807) is 7.11 Å². The van der Waals surface area contributed by atoms with Crippen molar-refractivity contribution in [2.45, 2.75) is 46.6 Å². The zero-order valence-electron chi connectivity index (χ0n) is 17.8. The Balaban J connectivity index is 0.00000729. The van der Waals surface area contributed by atoms with Crippen molar-refractivity contribution in [2.75, 3.05) is 33.3 Å². The Morgan fingerprint density at radius 3 is 2.43 bits per heavy atom. The van der Waals surface area contributed by atoms with Crippen LogP contribution in [0.1, 0.15) is 38.8 Å². The molecule has 3 N–H and O–H groups in total. The van der Waals surface area contributed by atoms with Gasteiger partial charge in [0.1, 0.15) is 11.4 Å². The molecule has 7 nitrogen and oxygen atoms in total. The first-order valence-electron chi connectivity index (χ1n) is 9.37. The highest BCUT2D eigenvalue weighted by molar-refractivity contribution is 14.0. The number of halogens is 1. The first kappa shape index (κ1) is 26.3. The molecule has 0 aromatic heterocycles. The number of carbonyl (C=O) groups is 1. The smallest absolute Gasteiger partial charge is 0.407 e. The van der Waals surface area contributed by atoms with Crippen LogP contribution >= 0.6 is 24.0 Å². The Bertz CT molecular complexity index is 630. The highest BCUT2D eigenvalue weighted by Crippen LogP contribution is 2.20. The van der Waals surface area contributed by atoms with Crippen LogP contribution in [-0.2, 0) is 11.2 Å². The molecule has 160 valence electrons. The van der Waals surface area contributed by atoms with Gasteiger partial charge in [-0.15, -0.1) is 24.0 Å². The van der Waals surface area contributed by atoms with Crippen LogP contribution in [0.4, 0.5) is 4.79 Å². The molecule has 0 radical (unpaired) electrons. The second kappa shape index (κ2) is 13.5. The van der Waals surface area contributed by atoms with Gasteiger partial charge >= 0.3 is 6.09 Å². The number of guanidine groups is 1. The number of carbonyl (C=O) groups excluding carboxylic acids is 1. The monoisotopic (exact) mass is 506 g/mol. The summed E-state index contributed by atoms with van der Waals surface area (Å²) in [6.07, 6.45) is 0.371. The van der Waals surface area contributed by atoms with Crippen molar-refractivity contribution in [2.24, 2.45) is 4.99 Å². The molecule has 0 aliphatic heterocycles. The van der Waals surface area contributed by atoms with E-state index in [4.69, 9.17) is 9.47 Å². The summed E-state index contributed by atoms with van der Waals surface area (Å²) in [5.41, 5.74) is 1.85. The standard InChI is InChI=1S/C20H34N4O3.HI/c1-7-21-18(23-12-13-24-19(25)27-20(3,4)5)22-11-10-16-14-15(2)8-9-17(16)26-6;/h8-9,14H,7,10-13H2,1-6H3,(H,24,25)(H2,21,22,23);1H. The van der Waals surface area contributed by atoms with Gasteiger partial charge in [0.05, 0.1) is 7.11 Å². The third kappa shape index (κ3) is 11.2. The number of ether oxygens (including phenoxy) is 2. The van der Waals surface area contributed by atoms with Gasteiger partial charge in [-0.3, -0.25) is 4.99 Å². The van der Waals surface area contributed by atoms with Gasteiger partial charge in [0, 0.05) is 26.2 Å². The predicted octanol–water partition coefficient (Wildman–Crippen LogP) is 3.24. The number of aliphatic imine (C=N–C) groups is 1. The number of hydrogen-bond acceptors (Lipinski definition) is 4. The van der Waals surface area contributed by atoms with E-state index in [1.165, 1.54) is 5.56 Å². The molecule has 0 spiro atoms. The van der Waals surface area contributed by atoms with Crippen LogP contribution < -0.4 is 20.7 Å². The van der Waals surface area contributed by atoms with Crippen LogP contribution in [0.2, 0.25) is 0 Å². The predicted molar refractivity (Wildman–Crippen MR) is 125 cm³/mol. The van der Waals surface area contributed by atoms with E-state index in [9.17, 15) is 4.79 Å². The molecule has 28 heavy (non-hydrogen) atoms. The molecule has 0 unspecified atom stereocenters. The molecule has 0 fully saturated rings. The average Bonchev–Trinajstić information content (AvgIpc) is 2.57. The first-order valence-corrected chi connectivity index (χ1v) is 9.37. The van der Waals surface area contributed by atoms with Crippen LogP contribution in [0.15, 0.2) is 23.2 Å². The maximum Gasteiger partial charge on any atom is 0.407 e. The molecule has 1 amide bonds. The van der Waals surface area contributed by atoms with Crippen molar-refractivity contribution >= 4 is 36.0 Å². The molecule has 8 heteroatoms. The SMILES string of the molecule is CCNC(=NCCc1cc(C)ccc1OC)NCCNC(=O)OC(C)(C)C.I. The summed E-state index contributed by atoms with van der Waals surface area (Å²) in [6, 6.07) is 6.15. The Morgan fingerprint density at radius 2 is 1.82 bits per heavy atom. The summed E-state index contributed by atoms with van der Waals surface area (Å²) in [5, 5.41) is 9.12. The number of rotatable bonds is 8. The van der Waals surface area contributed by atoms with Crippen molar-refractivity contribution in [3.8, 4) is 5.75 Å². The van der Waals surface area contributed by atoms with Crippen molar-refractivity contribution in [1.82, 2.24) is 16.0 Å². The van der Waals surface area contributed by atoms with Crippen molar-refractivity contribution in [1.29, 1.82) is 0 Å². The summed E-state index contributed by atoms with van der Waals surface area (Å²) in [4.78, 5) is 16.2. The lowest BCUT2D eigenvalue weighted by atomic mass is 10.1. The number of amides is 1. The fourth-order valence-electron chi connectivity index (χ4n) is 2.39. The van der Waals surface area contributed by atoms with Gasteiger partial charge in [-0.25, -0.2) is 4.79 Å². The summed E-state index contributed by atoms with van der Waals surface area (Å²) < 4.78 is 10.6. The summed E-state index contributed by atoms with van der Waals surface area (Å²) in [5.74, 6) is 1.60. The minimum atomic E-state index is -0.495. The number of nitrogens with one attached hydrogen (secondary N) is 3. The lowest BCUT2D eigenvalue weighted by Gasteiger charge is -2.20. The minimum absolute atomic E-state index is 0. The molecule has 0 atom stereocenters. The fraction of sp³-hybridized carbons (Fsp3) is 0.600. The van der Waals surface area contributed by atoms with Gasteiger partial charge in [0.15, 0.2) is 5.96 Å². The van der Waals surface area contributed by atoms with Crippen molar-refractivity contribution in [3.63, 3.8) is 0 Å². The molecule has 0 aliphatic carbocycles. The fourth-order valence-corrected chi connectivity index (χ4v) is 2.39. The van der Waals surface area contributed by atoms with E-state index in [-0.39, 0.29) is 24.0 Å². The number of methoxy groups -OCH3 is 1. The average molecular weight is 506 g/mol. The molecule has 1 aromatic carbocycles. The zero-order chi connectivity index (χ0) is 20.3. The summed E-state index contributed by atoms with van der Waals surface area (Å²) >= 11 is 0. The third-order valence-electron chi connectivity index (χ3n) is 3.52. The molecule has 1 aromatic rings. The van der Waals surface area contributed by atoms with E-state index in [0.29, 0.717) is 19.6 Å². The van der Waals surface area contributed by atoms with Crippen LogP contribution in [0, 0.1) is 6.92 Å². The third-order valence-corrected chi connectivity index (χ3v) is 3.52. The Morgan fingerprint density at radius 1 is 1.14 bits per heavy atom. The molecule has 0 heterocycles. The molecule has 0 bridgehead atoms. The maximum absolute atomic E-state index is 11.6. The quantitative estimate of drug-likeness (QED) is 0.218. The van der Waals surface area contributed by atoms with Gasteiger partial charge in [-0.1, -0.05) is 17.7 Å². The number of alkyl carbamates (subject to hydrolysis) is 1. The summed E-state index contributed by atoms with van der Waals surface area (Å²) in [7, 11) is 1.68. The number of nitrogens with zero attached hydrogens (tertiary/aromatic N) is 1. The highest BCUT2D eigenvalue weighted by atomic mass is 127. The minimum Gasteiger partial charge on any atom is -0.496 e. The number of benzene rings is 1. The molecule has 0 saturated heterocycles. The van der Waals surface area contributed by atoms with Crippen LogP contribution in [0.3, 0.4) is 0 Å². The summed E-state index contributed by atoms with van der Waals surface area (Å²) in [6.45, 7) is 12.0. The highest BCUT2D eigenvalue weighted by Gasteiger charge is 2.15. The zero-order valence-corrected chi connectivity index (χ0v) is 20.2. The van der Waals surface area contributed by atoms with E-state index in [0.717, 1.165) is 30.2 Å². The normalized spacial score (nSPS) is 11.3. The van der Waals surface area contributed by atoms with Crippen LogP contribution in [-0.4, -0.2) is 50.9 Å². The van der Waals surface area contributed by atoms with Gasteiger partial charge in [-0.05, 0) is 52.7 Å². The van der Waals surface area contributed by atoms with Gasteiger partial charge in [-0.2, -0.15) is 0 Å². The van der Waals surface area contributed by atoms with Gasteiger partial charge in [0.2, 0.25) is 0 Å². The second-order valence-electron chi connectivity index (χ2n) is 7.18. The van der Waals surface area contributed by atoms with E-state index < -0.39 is 11.7 Å². The first-order chi connectivity index (χ1) is 12.7. The van der Waals surface area contributed by atoms with E-state index in [2.05, 4.69) is 33.9 Å². The lowest BCUT2D eigenvalue weighted by Crippen LogP contribution is -2.42. The largest absolute Gasteiger partial charge is 0.496 e. The van der Waals surface area contributed by atoms with Crippen LogP contribution in [0.5, 0.6) is 5.75 Å². The topological polar surface area (TPSA) is 84.0 Å². The van der Waals surface area contributed by atoms with Gasteiger partial charge in [0.25, 0.3) is 0 Å². The Hall–Kier alpha value is -1.71. The van der Waals surface area contributed by atoms with E-state index >= 15 is 0 Å².